The van der Waals surface area contributed by atoms with Crippen molar-refractivity contribution >= 4 is 22.7 Å². The fourth-order valence-electron chi connectivity index (χ4n) is 4.04. The number of aromatic amines is 1. The molecular weight excluding hydrogens is 378 g/mol. The number of piperazine rings is 1. The van der Waals surface area contributed by atoms with E-state index in [4.69, 9.17) is 0 Å². The number of fused-ring (bicyclic) bond motifs is 1. The van der Waals surface area contributed by atoms with E-state index >= 15 is 0 Å². The maximum Gasteiger partial charge on any atom is 0.254 e. The number of nitrogens with one attached hydrogen (secondary N) is 1. The molecule has 1 aliphatic rings. The Morgan fingerprint density at radius 1 is 0.867 bits per heavy atom. The number of nitrogens with zero attached hydrogens (tertiary/aromatic N) is 2. The SMILES string of the molecule is CC(C)(C(=O)N1CCN(C(=O)c2cc(=O)[nH]c3ccccc23)CC1)c1ccccc1. The third kappa shape index (κ3) is 3.61. The standard InChI is InChI=1S/C24H25N3O3/c1-24(2,17-8-4-3-5-9-17)23(30)27-14-12-26(13-15-27)22(29)19-16-21(28)25-20-11-7-6-10-18(19)20/h3-11,16H,12-15H2,1-2H3,(H,25,28). The highest BCUT2D eigenvalue weighted by atomic mass is 16.2. The van der Waals surface area contributed by atoms with Crippen LogP contribution in [0.4, 0.5) is 0 Å². The van der Waals surface area contributed by atoms with Crippen LogP contribution in [0.1, 0.15) is 29.8 Å². The zero-order valence-electron chi connectivity index (χ0n) is 17.2. The van der Waals surface area contributed by atoms with Crippen LogP contribution in [0, 0.1) is 0 Å². The monoisotopic (exact) mass is 403 g/mol. The van der Waals surface area contributed by atoms with Gasteiger partial charge in [0.1, 0.15) is 0 Å². The summed E-state index contributed by atoms with van der Waals surface area (Å²) in [6.07, 6.45) is 0. The van der Waals surface area contributed by atoms with Gasteiger partial charge < -0.3 is 14.8 Å². The lowest BCUT2D eigenvalue weighted by atomic mass is 9.83. The number of para-hydroxylation sites is 1. The van der Waals surface area contributed by atoms with Gasteiger partial charge in [-0.25, -0.2) is 0 Å². The fraction of sp³-hybridized carbons (Fsp3) is 0.292. The molecule has 1 aromatic heterocycles. The van der Waals surface area contributed by atoms with Crippen molar-refractivity contribution in [3.05, 3.63) is 82.1 Å². The van der Waals surface area contributed by atoms with Gasteiger partial charge in [-0.2, -0.15) is 0 Å². The molecule has 30 heavy (non-hydrogen) atoms. The van der Waals surface area contributed by atoms with Gasteiger partial charge in [-0.05, 0) is 25.5 Å². The summed E-state index contributed by atoms with van der Waals surface area (Å²) >= 11 is 0. The first-order valence-electron chi connectivity index (χ1n) is 10.1. The predicted octanol–water partition coefficient (Wildman–Crippen LogP) is 2.79. The van der Waals surface area contributed by atoms with Gasteiger partial charge in [0.15, 0.2) is 0 Å². The summed E-state index contributed by atoms with van der Waals surface area (Å²) < 4.78 is 0. The molecule has 1 saturated heterocycles. The molecular formula is C24H25N3O3. The molecule has 0 spiro atoms. The largest absolute Gasteiger partial charge is 0.338 e. The molecule has 0 saturated carbocycles. The Bertz CT molecular complexity index is 1140. The van der Waals surface area contributed by atoms with E-state index in [1.807, 2.05) is 67.3 Å². The maximum atomic E-state index is 13.2. The van der Waals surface area contributed by atoms with Gasteiger partial charge in [0.2, 0.25) is 11.5 Å². The van der Waals surface area contributed by atoms with Crippen molar-refractivity contribution in [2.24, 2.45) is 0 Å². The minimum absolute atomic E-state index is 0.0578. The Balaban J connectivity index is 1.49. The van der Waals surface area contributed by atoms with E-state index in [9.17, 15) is 14.4 Å². The van der Waals surface area contributed by atoms with E-state index in [-0.39, 0.29) is 17.4 Å². The molecule has 4 rings (SSSR count). The Kier molecular flexibility index (Phi) is 5.16. The first-order valence-corrected chi connectivity index (χ1v) is 10.1. The van der Waals surface area contributed by atoms with Crippen LogP contribution in [-0.4, -0.2) is 52.8 Å². The summed E-state index contributed by atoms with van der Waals surface area (Å²) in [6.45, 7) is 5.70. The van der Waals surface area contributed by atoms with Crippen LogP contribution in [-0.2, 0) is 10.2 Å². The topological polar surface area (TPSA) is 73.5 Å². The molecule has 1 aliphatic heterocycles. The van der Waals surface area contributed by atoms with Crippen LogP contribution in [0.5, 0.6) is 0 Å². The highest BCUT2D eigenvalue weighted by Gasteiger charge is 2.35. The van der Waals surface area contributed by atoms with Crippen LogP contribution in [0.15, 0.2) is 65.5 Å². The summed E-state index contributed by atoms with van der Waals surface area (Å²) in [4.78, 5) is 44.6. The number of carbonyl (C=O) groups excluding carboxylic acids is 2. The minimum atomic E-state index is -0.629. The highest BCUT2D eigenvalue weighted by Crippen LogP contribution is 2.26. The third-order valence-corrected chi connectivity index (χ3v) is 5.87. The number of hydrogen-bond donors (Lipinski definition) is 1. The normalized spacial score (nSPS) is 14.7. The molecule has 0 aliphatic carbocycles. The van der Waals surface area contributed by atoms with Crippen molar-refractivity contribution in [1.82, 2.24) is 14.8 Å². The number of hydrogen-bond acceptors (Lipinski definition) is 3. The molecule has 2 heterocycles. The molecule has 1 N–H and O–H groups in total. The van der Waals surface area contributed by atoms with Crippen molar-refractivity contribution in [3.8, 4) is 0 Å². The van der Waals surface area contributed by atoms with Crippen LogP contribution < -0.4 is 5.56 Å². The number of rotatable bonds is 3. The average Bonchev–Trinajstić information content (AvgIpc) is 2.78. The lowest BCUT2D eigenvalue weighted by Crippen LogP contribution is -2.54. The fourth-order valence-corrected chi connectivity index (χ4v) is 4.04. The van der Waals surface area contributed by atoms with Crippen molar-refractivity contribution < 1.29 is 9.59 Å². The van der Waals surface area contributed by atoms with E-state index in [0.717, 1.165) is 10.9 Å². The van der Waals surface area contributed by atoms with Crippen LogP contribution >= 0.6 is 0 Å². The smallest absolute Gasteiger partial charge is 0.254 e. The second-order valence-electron chi connectivity index (χ2n) is 8.17. The van der Waals surface area contributed by atoms with Gasteiger partial charge in [0.05, 0.1) is 11.0 Å². The average molecular weight is 403 g/mol. The number of benzene rings is 2. The first kappa shape index (κ1) is 19.9. The number of amides is 2. The number of pyridine rings is 1. The zero-order chi connectivity index (χ0) is 21.3. The molecule has 0 atom stereocenters. The predicted molar refractivity (Wildman–Crippen MR) is 117 cm³/mol. The number of H-pyrrole nitrogens is 1. The van der Waals surface area contributed by atoms with E-state index in [1.165, 1.54) is 6.07 Å². The van der Waals surface area contributed by atoms with Crippen LogP contribution in [0.25, 0.3) is 10.9 Å². The van der Waals surface area contributed by atoms with E-state index in [0.29, 0.717) is 37.3 Å². The first-order chi connectivity index (χ1) is 14.4. The van der Waals surface area contributed by atoms with Crippen LogP contribution in [0.3, 0.4) is 0 Å². The minimum Gasteiger partial charge on any atom is -0.338 e. The van der Waals surface area contributed by atoms with E-state index < -0.39 is 5.41 Å². The summed E-state index contributed by atoms with van der Waals surface area (Å²) in [7, 11) is 0. The van der Waals surface area contributed by atoms with Gasteiger partial charge in [-0.3, -0.25) is 14.4 Å². The Hall–Kier alpha value is -3.41. The molecule has 2 amide bonds. The molecule has 2 aromatic carbocycles. The number of aromatic nitrogens is 1. The molecule has 0 unspecified atom stereocenters. The zero-order valence-corrected chi connectivity index (χ0v) is 17.2. The van der Waals surface area contributed by atoms with Gasteiger partial charge in [0, 0.05) is 43.1 Å². The van der Waals surface area contributed by atoms with Crippen molar-refractivity contribution in [2.75, 3.05) is 26.2 Å². The van der Waals surface area contributed by atoms with Gasteiger partial charge >= 0.3 is 0 Å². The quantitative estimate of drug-likeness (QED) is 0.731. The molecule has 0 radical (unpaired) electrons. The van der Waals surface area contributed by atoms with Crippen molar-refractivity contribution in [2.45, 2.75) is 19.3 Å². The molecule has 1 fully saturated rings. The van der Waals surface area contributed by atoms with Gasteiger partial charge in [-0.1, -0.05) is 48.5 Å². The Morgan fingerprint density at radius 2 is 1.47 bits per heavy atom. The Morgan fingerprint density at radius 3 is 2.17 bits per heavy atom. The number of carbonyl (C=O) groups is 2. The molecule has 3 aromatic rings. The summed E-state index contributed by atoms with van der Waals surface area (Å²) in [5.74, 6) is -0.117. The molecule has 0 bridgehead atoms. The van der Waals surface area contributed by atoms with Crippen molar-refractivity contribution in [3.63, 3.8) is 0 Å². The van der Waals surface area contributed by atoms with Gasteiger partial charge in [0.25, 0.3) is 5.91 Å². The second-order valence-corrected chi connectivity index (χ2v) is 8.17. The molecule has 154 valence electrons. The third-order valence-electron chi connectivity index (χ3n) is 5.87. The van der Waals surface area contributed by atoms with Gasteiger partial charge in [-0.15, -0.1) is 0 Å². The Labute approximate surface area is 175 Å². The molecule has 6 nitrogen and oxygen atoms in total. The maximum absolute atomic E-state index is 13.2. The van der Waals surface area contributed by atoms with E-state index in [1.54, 1.807) is 11.0 Å². The molecule has 6 heteroatoms. The van der Waals surface area contributed by atoms with E-state index in [2.05, 4.69) is 4.98 Å². The summed E-state index contributed by atoms with van der Waals surface area (Å²) in [5.41, 5.74) is 1.10. The summed E-state index contributed by atoms with van der Waals surface area (Å²) in [5, 5.41) is 0.728. The summed E-state index contributed by atoms with van der Waals surface area (Å²) in [6, 6.07) is 18.4. The highest BCUT2D eigenvalue weighted by molar-refractivity contribution is 6.06. The lowest BCUT2D eigenvalue weighted by molar-refractivity contribution is -0.137. The lowest BCUT2D eigenvalue weighted by Gasteiger charge is -2.39. The van der Waals surface area contributed by atoms with Crippen LogP contribution in [0.2, 0.25) is 0 Å². The second kappa shape index (κ2) is 7.78. The van der Waals surface area contributed by atoms with Crippen molar-refractivity contribution in [1.29, 1.82) is 0 Å².